The van der Waals surface area contributed by atoms with Gasteiger partial charge in [0, 0.05) is 12.2 Å². The van der Waals surface area contributed by atoms with E-state index in [1.165, 1.54) is 0 Å². The Labute approximate surface area is 131 Å². The van der Waals surface area contributed by atoms with Crippen LogP contribution in [0.5, 0.6) is 5.75 Å². The number of phenolic OH excluding ortho intramolecular Hbond substituents is 1. The van der Waals surface area contributed by atoms with Crippen molar-refractivity contribution in [3.63, 3.8) is 0 Å². The molecule has 0 saturated heterocycles. The van der Waals surface area contributed by atoms with Gasteiger partial charge in [-0.1, -0.05) is 18.2 Å². The first kappa shape index (κ1) is 15.4. The lowest BCUT2D eigenvalue weighted by atomic mass is 10.1. The second-order valence-electron chi connectivity index (χ2n) is 4.41. The second-order valence-corrected chi connectivity index (χ2v) is 5.26. The van der Waals surface area contributed by atoms with Gasteiger partial charge >= 0.3 is 5.97 Å². The third kappa shape index (κ3) is 3.98. The Hall–Kier alpha value is -2.01. The van der Waals surface area contributed by atoms with Crippen molar-refractivity contribution in [1.29, 1.82) is 0 Å². The van der Waals surface area contributed by atoms with Crippen molar-refractivity contribution in [2.75, 3.05) is 11.9 Å². The van der Waals surface area contributed by atoms with Crippen molar-refractivity contribution in [2.45, 2.75) is 13.5 Å². The molecule has 2 rings (SSSR count). The second kappa shape index (κ2) is 7.13. The number of phenols is 1. The summed E-state index contributed by atoms with van der Waals surface area (Å²) in [5.41, 5.74) is 2.22. The normalized spacial score (nSPS) is 10.2. The third-order valence-electron chi connectivity index (χ3n) is 2.92. The number of hydrogen-bond acceptors (Lipinski definition) is 4. The van der Waals surface area contributed by atoms with Gasteiger partial charge in [-0.15, -0.1) is 0 Å². The number of para-hydroxylation sites is 1. The Kier molecular flexibility index (Phi) is 5.22. The van der Waals surface area contributed by atoms with E-state index in [4.69, 9.17) is 4.74 Å². The summed E-state index contributed by atoms with van der Waals surface area (Å²) in [4.78, 5) is 11.9. The fourth-order valence-electron chi connectivity index (χ4n) is 1.88. The Morgan fingerprint density at radius 1 is 1.29 bits per heavy atom. The molecule has 0 aliphatic rings. The number of carbonyl (C=O) groups is 1. The summed E-state index contributed by atoms with van der Waals surface area (Å²) in [6.45, 7) is 2.66. The van der Waals surface area contributed by atoms with Gasteiger partial charge in [0.2, 0.25) is 0 Å². The molecule has 0 unspecified atom stereocenters. The van der Waals surface area contributed by atoms with Crippen LogP contribution < -0.4 is 5.32 Å². The summed E-state index contributed by atoms with van der Waals surface area (Å²) in [6.07, 6.45) is 0. The summed E-state index contributed by atoms with van der Waals surface area (Å²) < 4.78 is 5.68. The van der Waals surface area contributed by atoms with Gasteiger partial charge in [0.1, 0.15) is 5.75 Å². The highest BCUT2D eigenvalue weighted by atomic mass is 79.9. The van der Waals surface area contributed by atoms with E-state index in [-0.39, 0.29) is 11.7 Å². The largest absolute Gasteiger partial charge is 0.507 e. The highest BCUT2D eigenvalue weighted by molar-refractivity contribution is 9.10. The van der Waals surface area contributed by atoms with Gasteiger partial charge in [-0.25, -0.2) is 4.79 Å². The monoisotopic (exact) mass is 349 g/mol. The first-order valence-electron chi connectivity index (χ1n) is 6.59. The summed E-state index contributed by atoms with van der Waals surface area (Å²) >= 11 is 3.28. The van der Waals surface area contributed by atoms with E-state index >= 15 is 0 Å². The third-order valence-corrected chi connectivity index (χ3v) is 3.55. The quantitative estimate of drug-likeness (QED) is 0.802. The molecule has 0 bridgehead atoms. The van der Waals surface area contributed by atoms with Gasteiger partial charge < -0.3 is 15.2 Å². The molecule has 0 radical (unpaired) electrons. The highest BCUT2D eigenvalue weighted by Crippen LogP contribution is 2.25. The lowest BCUT2D eigenvalue weighted by Crippen LogP contribution is -2.09. The highest BCUT2D eigenvalue weighted by Gasteiger charge is 2.11. The maximum atomic E-state index is 11.9. The van der Waals surface area contributed by atoms with Gasteiger partial charge in [0.05, 0.1) is 16.6 Å². The number of halogens is 1. The molecule has 0 heterocycles. The van der Waals surface area contributed by atoms with E-state index in [0.717, 1.165) is 11.3 Å². The molecule has 2 N–H and O–H groups in total. The van der Waals surface area contributed by atoms with Crippen LogP contribution in [0.4, 0.5) is 5.69 Å². The molecule has 110 valence electrons. The van der Waals surface area contributed by atoms with E-state index < -0.39 is 0 Å². The molecule has 0 fully saturated rings. The average Bonchev–Trinajstić information content (AvgIpc) is 2.49. The number of esters is 1. The summed E-state index contributed by atoms with van der Waals surface area (Å²) in [5, 5.41) is 12.7. The molecule has 0 atom stereocenters. The number of ether oxygens (including phenoxy) is 1. The van der Waals surface area contributed by atoms with E-state index in [2.05, 4.69) is 21.2 Å². The van der Waals surface area contributed by atoms with Crippen LogP contribution in [-0.2, 0) is 11.3 Å². The van der Waals surface area contributed by atoms with E-state index in [1.807, 2.05) is 24.3 Å². The Balaban J connectivity index is 2.12. The topological polar surface area (TPSA) is 58.6 Å². The zero-order valence-corrected chi connectivity index (χ0v) is 13.2. The molecule has 0 aromatic heterocycles. The van der Waals surface area contributed by atoms with Crippen molar-refractivity contribution in [1.82, 2.24) is 0 Å². The molecule has 0 aliphatic carbocycles. The van der Waals surface area contributed by atoms with Crippen molar-refractivity contribution in [2.24, 2.45) is 0 Å². The molecule has 0 spiro atoms. The predicted octanol–water partition coefficient (Wildman–Crippen LogP) is 3.94. The zero-order chi connectivity index (χ0) is 15.2. The number of aromatic hydroxyl groups is 1. The first-order valence-corrected chi connectivity index (χ1v) is 7.38. The van der Waals surface area contributed by atoms with Crippen LogP contribution in [-0.4, -0.2) is 17.7 Å². The maximum absolute atomic E-state index is 11.9. The van der Waals surface area contributed by atoms with Crippen LogP contribution >= 0.6 is 15.9 Å². The van der Waals surface area contributed by atoms with Crippen LogP contribution in [0.3, 0.4) is 0 Å². The Morgan fingerprint density at radius 2 is 2.05 bits per heavy atom. The molecular weight excluding hydrogens is 334 g/mol. The Morgan fingerprint density at radius 3 is 2.76 bits per heavy atom. The maximum Gasteiger partial charge on any atom is 0.340 e. The first-order chi connectivity index (χ1) is 10.1. The van der Waals surface area contributed by atoms with Crippen molar-refractivity contribution < 1.29 is 14.6 Å². The van der Waals surface area contributed by atoms with Gasteiger partial charge in [-0.05, 0) is 52.7 Å². The van der Waals surface area contributed by atoms with Crippen LogP contribution in [0.25, 0.3) is 0 Å². The average molecular weight is 350 g/mol. The van der Waals surface area contributed by atoms with Gasteiger partial charge in [-0.3, -0.25) is 0 Å². The molecule has 0 amide bonds. The molecule has 2 aromatic carbocycles. The smallest absolute Gasteiger partial charge is 0.340 e. The minimum Gasteiger partial charge on any atom is -0.507 e. The molecule has 5 heteroatoms. The van der Waals surface area contributed by atoms with Gasteiger partial charge in [0.15, 0.2) is 0 Å². The van der Waals surface area contributed by atoms with E-state index in [9.17, 15) is 9.90 Å². The van der Waals surface area contributed by atoms with Crippen LogP contribution in [0.1, 0.15) is 22.8 Å². The molecular formula is C16H16BrNO3. The standard InChI is InChI=1S/C16H16BrNO3/c1-2-21-16(20)12-5-3-4-6-14(12)18-10-11-7-8-15(19)13(17)9-11/h3-9,18-19H,2,10H2,1H3. The van der Waals surface area contributed by atoms with E-state index in [1.54, 1.807) is 25.1 Å². The Bertz CT molecular complexity index is 643. The minimum atomic E-state index is -0.340. The molecule has 0 saturated carbocycles. The zero-order valence-electron chi connectivity index (χ0n) is 11.6. The SMILES string of the molecule is CCOC(=O)c1ccccc1NCc1ccc(O)c(Br)c1. The molecule has 21 heavy (non-hydrogen) atoms. The fourth-order valence-corrected chi connectivity index (χ4v) is 2.31. The lowest BCUT2D eigenvalue weighted by Gasteiger charge is -2.11. The number of anilines is 1. The van der Waals surface area contributed by atoms with Gasteiger partial charge in [0.25, 0.3) is 0 Å². The van der Waals surface area contributed by atoms with Gasteiger partial charge in [-0.2, -0.15) is 0 Å². The number of nitrogens with one attached hydrogen (secondary N) is 1. The number of hydrogen-bond donors (Lipinski definition) is 2. The van der Waals surface area contributed by atoms with Crippen LogP contribution in [0.15, 0.2) is 46.9 Å². The predicted molar refractivity (Wildman–Crippen MR) is 85.5 cm³/mol. The number of carbonyl (C=O) groups excluding carboxylic acids is 1. The molecule has 2 aromatic rings. The summed E-state index contributed by atoms with van der Waals surface area (Å²) in [7, 11) is 0. The minimum absolute atomic E-state index is 0.200. The summed E-state index contributed by atoms with van der Waals surface area (Å²) in [5.74, 6) is -0.141. The fraction of sp³-hybridized carbons (Fsp3) is 0.188. The van der Waals surface area contributed by atoms with Crippen molar-refractivity contribution >= 4 is 27.6 Å². The van der Waals surface area contributed by atoms with Crippen LogP contribution in [0.2, 0.25) is 0 Å². The molecule has 4 nitrogen and oxygen atoms in total. The van der Waals surface area contributed by atoms with E-state index in [0.29, 0.717) is 23.2 Å². The summed E-state index contributed by atoms with van der Waals surface area (Å²) in [6, 6.07) is 12.5. The lowest BCUT2D eigenvalue weighted by molar-refractivity contribution is 0.0527. The molecule has 0 aliphatic heterocycles. The number of benzene rings is 2. The van der Waals surface area contributed by atoms with Crippen LogP contribution in [0, 0.1) is 0 Å². The van der Waals surface area contributed by atoms with Crippen molar-refractivity contribution in [3.05, 3.63) is 58.1 Å². The van der Waals surface area contributed by atoms with Crippen molar-refractivity contribution in [3.8, 4) is 5.75 Å². The number of rotatable bonds is 5.